The molecule has 0 atom stereocenters. The van der Waals surface area contributed by atoms with Gasteiger partial charge in [-0.25, -0.2) is 0 Å². The van der Waals surface area contributed by atoms with E-state index in [0.29, 0.717) is 5.90 Å². The molecule has 5 heteroatoms. The van der Waals surface area contributed by atoms with Gasteiger partial charge in [0.2, 0.25) is 0 Å². The fourth-order valence-corrected chi connectivity index (χ4v) is 12.3. The van der Waals surface area contributed by atoms with E-state index < -0.39 is 11.1 Å². The van der Waals surface area contributed by atoms with Gasteiger partial charge in [-0.05, 0) is 0 Å². The van der Waals surface area contributed by atoms with Crippen LogP contribution in [0.2, 0.25) is 0 Å². The molecule has 0 radical (unpaired) electrons. The molecular formula is C29H27BrNO2P. The molecule has 1 aliphatic heterocycles. The summed E-state index contributed by atoms with van der Waals surface area (Å²) in [5.41, 5.74) is 2.14. The second-order valence-corrected chi connectivity index (χ2v) is 18.0. The second-order valence-electron chi connectivity index (χ2n) is 9.03. The molecule has 34 heavy (non-hydrogen) atoms. The van der Waals surface area contributed by atoms with Crippen molar-refractivity contribution in [3.05, 3.63) is 126 Å². The van der Waals surface area contributed by atoms with Crippen LogP contribution in [0.1, 0.15) is 25.0 Å². The fourth-order valence-electron chi connectivity index (χ4n) is 4.57. The molecule has 0 saturated heterocycles. The summed E-state index contributed by atoms with van der Waals surface area (Å²) in [6.45, 7) is 3.71. The van der Waals surface area contributed by atoms with Crippen molar-refractivity contribution in [2.75, 3.05) is 0 Å². The minimum atomic E-state index is -3.03. The van der Waals surface area contributed by atoms with Gasteiger partial charge in [-0.15, -0.1) is 0 Å². The molecule has 0 bridgehead atoms. The Morgan fingerprint density at radius 1 is 0.676 bits per heavy atom. The third-order valence-corrected chi connectivity index (χ3v) is 15.8. The monoisotopic (exact) mass is 531 g/mol. The molecule has 0 unspecified atom stereocenters. The Bertz CT molecular complexity index is 1210. The summed E-state index contributed by atoms with van der Waals surface area (Å²) in [6.07, 6.45) is 0.833. The van der Waals surface area contributed by atoms with Crippen molar-refractivity contribution in [1.82, 2.24) is 0 Å². The fraction of sp³-hybridized carbons (Fsp3) is 0.138. The number of hydrogen-bond acceptors (Lipinski definition) is 3. The standard InChI is InChI=1S/C29H27BrNO2P/c1-29(2)32-28(31-33-29)24-20-18-23(19-21-24)22-34(30,25-12-6-3-7-13-25,26-14-8-4-9-15-26)27-16-10-5-11-17-27/h3-21H,22H2,1-2H3. The van der Waals surface area contributed by atoms with Crippen molar-refractivity contribution >= 4 is 42.6 Å². The number of ether oxygens (including phenoxy) is 1. The van der Waals surface area contributed by atoms with Gasteiger partial charge in [0.1, 0.15) is 0 Å². The quantitative estimate of drug-likeness (QED) is 0.267. The molecule has 4 aromatic carbocycles. The van der Waals surface area contributed by atoms with Crippen LogP contribution in [0.4, 0.5) is 0 Å². The number of hydrogen-bond donors (Lipinski definition) is 0. The first-order chi connectivity index (χ1) is 16.4. The van der Waals surface area contributed by atoms with Crippen molar-refractivity contribution in [1.29, 1.82) is 0 Å². The number of nitrogens with zero attached hydrogens (tertiary/aromatic N) is 1. The van der Waals surface area contributed by atoms with Crippen LogP contribution in [0, 0.1) is 0 Å². The van der Waals surface area contributed by atoms with Gasteiger partial charge in [-0.3, -0.25) is 0 Å². The molecule has 172 valence electrons. The van der Waals surface area contributed by atoms with E-state index in [4.69, 9.17) is 9.57 Å². The van der Waals surface area contributed by atoms with Crippen molar-refractivity contribution < 1.29 is 9.57 Å². The molecule has 5 rings (SSSR count). The maximum atomic E-state index is 5.83. The average molecular weight is 532 g/mol. The van der Waals surface area contributed by atoms with Crippen LogP contribution < -0.4 is 15.9 Å². The van der Waals surface area contributed by atoms with Crippen molar-refractivity contribution in [2.24, 2.45) is 5.16 Å². The molecule has 0 spiro atoms. The van der Waals surface area contributed by atoms with Crippen molar-refractivity contribution in [3.63, 3.8) is 0 Å². The van der Waals surface area contributed by atoms with E-state index >= 15 is 0 Å². The van der Waals surface area contributed by atoms with Crippen LogP contribution >= 0.6 is 20.8 Å². The molecule has 0 fully saturated rings. The molecule has 0 N–H and O–H groups in total. The summed E-state index contributed by atoms with van der Waals surface area (Å²) >= 11 is 4.52. The predicted molar refractivity (Wildman–Crippen MR) is 147 cm³/mol. The van der Waals surface area contributed by atoms with E-state index in [9.17, 15) is 0 Å². The molecule has 0 aromatic heterocycles. The maximum absolute atomic E-state index is 5.83. The van der Waals surface area contributed by atoms with Gasteiger partial charge in [0, 0.05) is 0 Å². The SMILES string of the molecule is CC1(C)ON=C(c2ccc(CP(Br)(c3ccccc3)(c3ccccc3)c3ccccc3)cc2)O1. The third kappa shape index (κ3) is 3.96. The van der Waals surface area contributed by atoms with Gasteiger partial charge in [0.25, 0.3) is 0 Å². The van der Waals surface area contributed by atoms with Gasteiger partial charge in [-0.2, -0.15) is 0 Å². The third-order valence-electron chi connectivity index (χ3n) is 6.25. The topological polar surface area (TPSA) is 30.8 Å². The first-order valence-corrected chi connectivity index (χ1v) is 15.8. The minimum absolute atomic E-state index is 0.516. The molecule has 4 aromatic rings. The van der Waals surface area contributed by atoms with Gasteiger partial charge < -0.3 is 0 Å². The molecule has 0 aliphatic carbocycles. The van der Waals surface area contributed by atoms with Gasteiger partial charge in [0.05, 0.1) is 0 Å². The van der Waals surface area contributed by atoms with E-state index in [1.165, 1.54) is 21.5 Å². The summed E-state index contributed by atoms with van der Waals surface area (Å²) in [7, 11) is 0. The first kappa shape index (κ1) is 22.8. The first-order valence-electron chi connectivity index (χ1n) is 11.3. The van der Waals surface area contributed by atoms with Crippen LogP contribution in [0.3, 0.4) is 0 Å². The zero-order valence-corrected chi connectivity index (χ0v) is 21.7. The zero-order chi connectivity index (χ0) is 23.7. The van der Waals surface area contributed by atoms with E-state index in [1.54, 1.807) is 0 Å². The van der Waals surface area contributed by atoms with Crippen LogP contribution in [0.15, 0.2) is 120 Å². The molecule has 0 amide bonds. The molecule has 3 nitrogen and oxygen atoms in total. The Kier molecular flexibility index (Phi) is 5.83. The Morgan fingerprint density at radius 3 is 1.50 bits per heavy atom. The molecular weight excluding hydrogens is 505 g/mol. The van der Waals surface area contributed by atoms with E-state index in [1.807, 2.05) is 13.8 Å². The van der Waals surface area contributed by atoms with Crippen molar-refractivity contribution in [2.45, 2.75) is 25.8 Å². The second kappa shape index (κ2) is 8.69. The molecule has 1 aliphatic rings. The van der Waals surface area contributed by atoms with Gasteiger partial charge in [-0.1, -0.05) is 0 Å². The number of halogens is 1. The number of oxime groups is 1. The predicted octanol–water partition coefficient (Wildman–Crippen LogP) is 6.47. The number of rotatable bonds is 6. The van der Waals surface area contributed by atoms with Crippen LogP contribution in [0.25, 0.3) is 0 Å². The van der Waals surface area contributed by atoms with Gasteiger partial charge in [0.15, 0.2) is 0 Å². The van der Waals surface area contributed by atoms with Crippen LogP contribution in [-0.4, -0.2) is 11.7 Å². The van der Waals surface area contributed by atoms with Gasteiger partial charge >= 0.3 is 210 Å². The summed E-state index contributed by atoms with van der Waals surface area (Å²) in [5, 5.41) is 4.98. The van der Waals surface area contributed by atoms with E-state index in [2.05, 4.69) is 136 Å². The molecule has 0 saturated carbocycles. The Morgan fingerprint density at radius 2 is 1.12 bits per heavy atom. The normalized spacial score (nSPS) is 16.0. The summed E-state index contributed by atoms with van der Waals surface area (Å²) in [5.74, 6) is -0.217. The van der Waals surface area contributed by atoms with Crippen molar-refractivity contribution in [3.8, 4) is 0 Å². The summed E-state index contributed by atoms with van der Waals surface area (Å²) < 4.78 is 5.83. The Hall–Kier alpha value is -2.94. The molecule has 1 heterocycles. The summed E-state index contributed by atoms with van der Waals surface area (Å²) in [4.78, 5) is 5.37. The average Bonchev–Trinajstić information content (AvgIpc) is 3.25. The van der Waals surface area contributed by atoms with Crippen LogP contribution in [-0.2, 0) is 15.7 Å². The van der Waals surface area contributed by atoms with E-state index in [-0.39, 0.29) is 0 Å². The Balaban J connectivity index is 1.66. The summed E-state index contributed by atoms with van der Waals surface area (Å²) in [6, 6.07) is 41.0. The van der Waals surface area contributed by atoms with E-state index in [0.717, 1.165) is 11.7 Å². The number of benzene rings is 4. The van der Waals surface area contributed by atoms with Crippen LogP contribution in [0.5, 0.6) is 0 Å². The zero-order valence-electron chi connectivity index (χ0n) is 19.3. The Labute approximate surface area is 209 Å².